The van der Waals surface area contributed by atoms with Gasteiger partial charge in [-0.25, -0.2) is 24.9 Å². The van der Waals surface area contributed by atoms with Crippen LogP contribution in [0.25, 0.3) is 87.8 Å². The lowest BCUT2D eigenvalue weighted by atomic mass is 9.89. The van der Waals surface area contributed by atoms with E-state index in [9.17, 15) is 32.3 Å². The number of hydrogen-bond donors (Lipinski definition) is 8. The summed E-state index contributed by atoms with van der Waals surface area (Å²) in [6, 6.07) is 19.5. The summed E-state index contributed by atoms with van der Waals surface area (Å²) in [7, 11) is 0. The number of aromatic amines is 4. The number of halogens is 3. The number of anilines is 4. The van der Waals surface area contributed by atoms with Gasteiger partial charge in [0.1, 0.15) is 71.3 Å². The predicted molar refractivity (Wildman–Crippen MR) is 486 cm³/mol. The highest BCUT2D eigenvalue weighted by atomic mass is 32.1. The zero-order chi connectivity index (χ0) is 90.8. The normalized spacial score (nSPS) is 17.8. The van der Waals surface area contributed by atoms with Gasteiger partial charge >= 0.3 is 6.18 Å². The van der Waals surface area contributed by atoms with E-state index in [-0.39, 0.29) is 89.1 Å². The Hall–Kier alpha value is -13.7. The van der Waals surface area contributed by atoms with E-state index in [0.717, 1.165) is 117 Å². The van der Waals surface area contributed by atoms with E-state index in [4.69, 9.17) is 34.2 Å². The summed E-state index contributed by atoms with van der Waals surface area (Å²) in [6.45, 7) is 16.5. The van der Waals surface area contributed by atoms with E-state index in [0.29, 0.717) is 94.0 Å². The Bertz CT molecular complexity index is 6380. The molecule has 0 radical (unpaired) electrons. The van der Waals surface area contributed by atoms with Gasteiger partial charge in [0, 0.05) is 126 Å². The third kappa shape index (κ3) is 20.6. The Morgan fingerprint density at radius 2 is 0.756 bits per heavy atom. The molecule has 4 saturated carbocycles. The number of nitrogens with one attached hydrogen (secondary N) is 8. The first-order chi connectivity index (χ1) is 63.7. The maximum Gasteiger partial charge on any atom is 0.433 e. The summed E-state index contributed by atoms with van der Waals surface area (Å²) >= 11 is 5.49. The first kappa shape index (κ1) is 89.3. The summed E-state index contributed by atoms with van der Waals surface area (Å²) in [5.41, 5.74) is 12.7. The average molecular weight is 1850 g/mol. The number of alkyl halides is 3. The third-order valence-corrected chi connectivity index (χ3v) is 25.7. The number of thiazole rings is 4. The van der Waals surface area contributed by atoms with E-state index < -0.39 is 17.8 Å². The molecule has 131 heavy (non-hydrogen) atoms. The molecule has 0 unspecified atom stereocenters. The van der Waals surface area contributed by atoms with E-state index in [1.807, 2.05) is 130 Å². The largest absolute Gasteiger partial charge is 0.433 e. The molecule has 4 aliphatic rings. The Balaban J connectivity index is 0.000000122. The lowest BCUT2D eigenvalue weighted by molar-refractivity contribution is -0.141. The van der Waals surface area contributed by atoms with E-state index in [2.05, 4.69) is 107 Å². The molecule has 4 fully saturated rings. The Morgan fingerprint density at radius 1 is 0.405 bits per heavy atom. The smallest absolute Gasteiger partial charge is 0.378 e. The highest BCUT2D eigenvalue weighted by Crippen LogP contribution is 2.43. The number of aryl methyl sites for hydroxylation is 3. The number of aromatic nitrogens is 24. The Morgan fingerprint density at radius 3 is 1.09 bits per heavy atom. The number of carbonyl (C=O) groups excluding carboxylic acids is 4. The van der Waals surface area contributed by atoms with Gasteiger partial charge in [-0.2, -0.15) is 54.0 Å². The van der Waals surface area contributed by atoms with Crippen LogP contribution in [0.1, 0.15) is 168 Å². The molecule has 20 rings (SSSR count). The molecule has 0 saturated heterocycles. The van der Waals surface area contributed by atoms with Crippen molar-refractivity contribution in [1.82, 2.24) is 120 Å². The minimum absolute atomic E-state index is 0.00641. The fraction of sp³-hybridized carbons (Fsp3) is 0.318. The standard InChI is InChI=1S/C22H20F3N7O2S.3C22H23N7O2S/c1-2-34-14-6-13(7-14)32-10-16(19(31-32)15-4-3-5-18(28-15)22(23,24)25)29-20(33)17-11-35-21(30-17)12-8-26-27-9-12;1-3-31-16-7-15(8-16)29-11-17(20(28-29)19-13(2)5-4-6-23-19)26-21(30)18-12-32-22(27-18)14-9-24-25-10-14;2*1-3-31-15-8-14(9-15)29-11-18(20(28-29)17-6-4-5-7-23-17)25-21(30)19-12-32-22(26-19)16-10-24-27-13(16)2/h3-5,8-11,13-14H,2,6-7H2,1H3,(H,26,27)(H,29,33);4-6,9-12,15-16H,3,7-8H2,1-2H3,(H,24,25)(H,26,30);2*4-7,10-12,14-15H,3,8-9H2,1-2H3,(H,24,27)(H,25,30). The molecule has 16 aromatic rings. The molecule has 0 bridgehead atoms. The van der Waals surface area contributed by atoms with Gasteiger partial charge in [0.05, 0.1) is 130 Å². The molecule has 4 aliphatic carbocycles. The molecule has 0 aliphatic heterocycles. The van der Waals surface area contributed by atoms with E-state index in [1.165, 1.54) is 57.5 Å². The predicted octanol–water partition coefficient (Wildman–Crippen LogP) is 17.1. The molecule has 674 valence electrons. The van der Waals surface area contributed by atoms with Crippen molar-refractivity contribution in [2.45, 2.75) is 155 Å². The SMILES string of the molecule is CCOC1CC(n2cc(NC(=O)c3csc(-c4cn[nH]c4)n3)c(-c3cccc(C(F)(F)F)n3)n2)C1.CCOC1CC(n2cc(NC(=O)c3csc(-c4cn[nH]c4)n3)c(-c3ncccc3C)n2)C1.CCOC1CC(n2cc(NC(=O)c3csc(-c4cn[nH]c4C)n3)c(-c3ccccn3)n2)C1.CCOC1CC(n2cc(NC(=O)c3csc(-c4cn[nH]c4C)n3)c(-c3ccccn3)n2)C1. The van der Waals surface area contributed by atoms with Gasteiger partial charge in [-0.15, -0.1) is 45.3 Å². The molecule has 0 spiro atoms. The molecule has 4 amide bonds. The van der Waals surface area contributed by atoms with Crippen molar-refractivity contribution in [1.29, 1.82) is 0 Å². The topological polar surface area (TPSA) is 442 Å². The van der Waals surface area contributed by atoms with Crippen LogP contribution in [0.2, 0.25) is 0 Å². The van der Waals surface area contributed by atoms with Gasteiger partial charge in [-0.05, 0) is 148 Å². The van der Waals surface area contributed by atoms with Crippen LogP contribution in [0.4, 0.5) is 35.9 Å². The average Bonchev–Trinajstić information content (AvgIpc) is 1.79. The van der Waals surface area contributed by atoms with Crippen LogP contribution in [0.15, 0.2) is 169 Å². The summed E-state index contributed by atoms with van der Waals surface area (Å²) in [5, 5.41) is 67.3. The van der Waals surface area contributed by atoms with Gasteiger partial charge in [-0.1, -0.05) is 24.3 Å². The number of rotatable bonds is 28. The number of amides is 4. The van der Waals surface area contributed by atoms with Gasteiger partial charge in [0.2, 0.25) is 0 Å². The molecule has 16 aromatic heterocycles. The highest BCUT2D eigenvalue weighted by Gasteiger charge is 2.39. The van der Waals surface area contributed by atoms with Crippen molar-refractivity contribution >= 4 is 91.7 Å². The third-order valence-electron chi connectivity index (χ3n) is 22.2. The number of carbonyl (C=O) groups is 4. The zero-order valence-corrected chi connectivity index (χ0v) is 75.0. The molecule has 16 heterocycles. The maximum absolute atomic E-state index is 13.3. The molecule has 0 aromatic carbocycles. The van der Waals surface area contributed by atoms with Crippen LogP contribution >= 0.6 is 45.3 Å². The van der Waals surface area contributed by atoms with Crippen molar-refractivity contribution < 1.29 is 51.3 Å². The summed E-state index contributed by atoms with van der Waals surface area (Å²) in [6.07, 6.45) is 25.7. The van der Waals surface area contributed by atoms with Gasteiger partial charge in [0.15, 0.2) is 0 Å². The zero-order valence-electron chi connectivity index (χ0n) is 71.7. The minimum Gasteiger partial charge on any atom is -0.378 e. The lowest BCUT2D eigenvalue weighted by Gasteiger charge is -2.34. The van der Waals surface area contributed by atoms with Gasteiger partial charge in [-0.3, -0.25) is 73.3 Å². The monoisotopic (exact) mass is 1850 g/mol. The first-order valence-electron chi connectivity index (χ1n) is 42.4. The Labute approximate surface area is 762 Å². The second kappa shape index (κ2) is 40.1. The fourth-order valence-corrected chi connectivity index (χ4v) is 18.3. The Kier molecular flexibility index (Phi) is 27.4. The van der Waals surface area contributed by atoms with Crippen molar-refractivity contribution in [2.24, 2.45) is 0 Å². The molecular weight excluding hydrogens is 1760 g/mol. The van der Waals surface area contributed by atoms with Crippen molar-refractivity contribution in [3.63, 3.8) is 0 Å². The number of nitrogens with zero attached hydrogens (tertiary/aromatic N) is 20. The number of pyridine rings is 4. The van der Waals surface area contributed by atoms with Crippen LogP contribution in [0.3, 0.4) is 0 Å². The van der Waals surface area contributed by atoms with Crippen molar-refractivity contribution in [3.05, 3.63) is 214 Å². The van der Waals surface area contributed by atoms with Crippen LogP contribution in [-0.4, -0.2) is 194 Å². The summed E-state index contributed by atoms with van der Waals surface area (Å²) in [4.78, 5) is 86.8. The van der Waals surface area contributed by atoms with Crippen molar-refractivity contribution in [3.8, 4) is 87.8 Å². The van der Waals surface area contributed by atoms with E-state index in [1.54, 1.807) is 88.2 Å². The highest BCUT2D eigenvalue weighted by molar-refractivity contribution is 7.14. The van der Waals surface area contributed by atoms with Crippen molar-refractivity contribution in [2.75, 3.05) is 47.7 Å². The quantitative estimate of drug-likeness (QED) is 0.0226. The maximum atomic E-state index is 13.3. The lowest BCUT2D eigenvalue weighted by Crippen LogP contribution is -2.33. The minimum atomic E-state index is -4.61. The molecule has 36 nitrogen and oxygen atoms in total. The second-order valence-corrected chi connectivity index (χ2v) is 34.5. The molecule has 43 heteroatoms. The molecule has 8 N–H and O–H groups in total. The number of H-pyrrole nitrogens is 4. The molecule has 0 atom stereocenters. The summed E-state index contributed by atoms with van der Waals surface area (Å²) in [5.74, 6) is -1.37. The number of hydrogen-bond acceptors (Lipinski definition) is 28. The first-order valence-corrected chi connectivity index (χ1v) is 45.9. The van der Waals surface area contributed by atoms with Gasteiger partial charge < -0.3 is 40.2 Å². The number of ether oxygens (including phenoxy) is 4. The molecular formula is C88H89F3N28O8S4. The van der Waals surface area contributed by atoms with E-state index >= 15 is 0 Å². The second-order valence-electron chi connectivity index (χ2n) is 31.1. The van der Waals surface area contributed by atoms with Crippen LogP contribution in [0.5, 0.6) is 0 Å². The van der Waals surface area contributed by atoms with Crippen LogP contribution in [0, 0.1) is 20.8 Å². The van der Waals surface area contributed by atoms with Gasteiger partial charge in [0.25, 0.3) is 23.6 Å². The fourth-order valence-electron chi connectivity index (χ4n) is 15.0. The van der Waals surface area contributed by atoms with Crippen LogP contribution in [-0.2, 0) is 25.1 Å². The summed E-state index contributed by atoms with van der Waals surface area (Å²) < 4.78 is 69.8. The van der Waals surface area contributed by atoms with Crippen LogP contribution < -0.4 is 21.3 Å².